The Morgan fingerprint density at radius 3 is 2.62 bits per heavy atom. The smallest absolute Gasteiger partial charge is 0.258 e. The fraction of sp³-hybridized carbons (Fsp3) is 0.652. The van der Waals surface area contributed by atoms with Crippen molar-refractivity contribution in [2.75, 3.05) is 13.2 Å². The zero-order valence-corrected chi connectivity index (χ0v) is 18.9. The van der Waals surface area contributed by atoms with Gasteiger partial charge in [0.2, 0.25) is 5.91 Å². The summed E-state index contributed by atoms with van der Waals surface area (Å²) in [6, 6.07) is 3.77. The van der Waals surface area contributed by atoms with Gasteiger partial charge < -0.3 is 25.8 Å². The van der Waals surface area contributed by atoms with Crippen LogP contribution in [0.25, 0.3) is 0 Å². The van der Waals surface area contributed by atoms with Crippen LogP contribution >= 0.6 is 11.6 Å². The van der Waals surface area contributed by atoms with Crippen LogP contribution in [0.5, 0.6) is 5.75 Å². The van der Waals surface area contributed by atoms with E-state index in [4.69, 9.17) is 16.3 Å². The zero-order valence-electron chi connectivity index (χ0n) is 18.2. The van der Waals surface area contributed by atoms with Gasteiger partial charge >= 0.3 is 0 Å². The minimum Gasteiger partial charge on any atom is -0.484 e. The van der Waals surface area contributed by atoms with Gasteiger partial charge in [-0.1, -0.05) is 11.6 Å². The summed E-state index contributed by atoms with van der Waals surface area (Å²) >= 11 is 5.66. The van der Waals surface area contributed by atoms with E-state index < -0.39 is 11.9 Å². The summed E-state index contributed by atoms with van der Waals surface area (Å²) in [7, 11) is 0. The number of carbonyl (C=O) groups is 2. The van der Waals surface area contributed by atoms with E-state index in [1.165, 1.54) is 12.1 Å². The van der Waals surface area contributed by atoms with Gasteiger partial charge in [0.05, 0.1) is 17.2 Å². The van der Waals surface area contributed by atoms with Gasteiger partial charge in [0.1, 0.15) is 11.6 Å². The topological polar surface area (TPSA) is 99.7 Å². The third-order valence-corrected chi connectivity index (χ3v) is 7.54. The summed E-state index contributed by atoms with van der Waals surface area (Å²) < 4.78 is 18.9. The highest BCUT2D eigenvalue weighted by atomic mass is 35.5. The van der Waals surface area contributed by atoms with E-state index in [-0.39, 0.29) is 53.2 Å². The van der Waals surface area contributed by atoms with Crippen molar-refractivity contribution in [1.29, 1.82) is 0 Å². The standard InChI is InChI=1S/C23H31ClFN3O4/c1-12(29)13-4-5-26-21(8-13)23(31)28-20-10-19(14-6-15(20)7-14)27-22(30)11-32-16-2-3-17(24)18(25)9-16/h2-3,9,12-15,19-21,26,29H,4-8,10-11H2,1H3,(H,27,30)(H,28,31)/t12?,13?,14?,15?,19-,20+,21?/m0/s1. The minimum absolute atomic E-state index is 0.00135. The fourth-order valence-electron chi connectivity index (χ4n) is 5.21. The van der Waals surface area contributed by atoms with Crippen molar-refractivity contribution >= 4 is 23.4 Å². The van der Waals surface area contributed by atoms with Gasteiger partial charge in [-0.25, -0.2) is 4.39 Å². The third kappa shape index (κ3) is 5.35. The molecule has 0 spiro atoms. The van der Waals surface area contributed by atoms with Crippen LogP contribution in [-0.2, 0) is 9.59 Å². The lowest BCUT2D eigenvalue weighted by atomic mass is 9.60. The maximum atomic E-state index is 13.5. The van der Waals surface area contributed by atoms with Gasteiger partial charge in [-0.3, -0.25) is 9.59 Å². The molecule has 4 fully saturated rings. The minimum atomic E-state index is -0.594. The molecule has 4 N–H and O–H groups in total. The molecule has 7 nitrogen and oxygen atoms in total. The molecule has 2 amide bonds. The van der Waals surface area contributed by atoms with E-state index >= 15 is 0 Å². The molecule has 9 heteroatoms. The molecule has 1 aliphatic heterocycles. The van der Waals surface area contributed by atoms with Crippen LogP contribution in [-0.4, -0.2) is 54.3 Å². The number of nitrogens with one attached hydrogen (secondary N) is 3. The van der Waals surface area contributed by atoms with Crippen LogP contribution in [0.3, 0.4) is 0 Å². The van der Waals surface area contributed by atoms with Gasteiger partial charge in [0.25, 0.3) is 5.91 Å². The molecule has 2 bridgehead atoms. The van der Waals surface area contributed by atoms with E-state index in [1.807, 2.05) is 0 Å². The SMILES string of the molecule is CC(O)C1CCNC(C(=O)N[C@@H]2C[C@H](NC(=O)COc3ccc(Cl)c(F)c3)C3CC2C3)C1. The molecule has 176 valence electrons. The second kappa shape index (κ2) is 9.93. The van der Waals surface area contributed by atoms with Gasteiger partial charge in [-0.2, -0.15) is 0 Å². The van der Waals surface area contributed by atoms with Crippen LogP contribution in [0, 0.1) is 23.6 Å². The summed E-state index contributed by atoms with van der Waals surface area (Å²) in [6.45, 7) is 2.29. The average molecular weight is 468 g/mol. The first kappa shape index (κ1) is 23.3. The summed E-state index contributed by atoms with van der Waals surface area (Å²) in [5.41, 5.74) is 0. The number of hydrogen-bond donors (Lipinski definition) is 4. The fourth-order valence-corrected chi connectivity index (χ4v) is 5.33. The number of benzene rings is 1. The molecule has 32 heavy (non-hydrogen) atoms. The first-order valence-corrected chi connectivity index (χ1v) is 11.8. The third-order valence-electron chi connectivity index (χ3n) is 7.23. The molecule has 3 aliphatic carbocycles. The molecule has 1 saturated heterocycles. The van der Waals surface area contributed by atoms with Crippen molar-refractivity contribution in [2.45, 2.75) is 63.3 Å². The van der Waals surface area contributed by atoms with Crippen molar-refractivity contribution in [3.05, 3.63) is 29.0 Å². The van der Waals surface area contributed by atoms with E-state index in [1.54, 1.807) is 6.92 Å². The van der Waals surface area contributed by atoms with Crippen LogP contribution in [0.2, 0.25) is 5.02 Å². The summed E-state index contributed by atoms with van der Waals surface area (Å²) in [6.07, 6.45) is 3.73. The van der Waals surface area contributed by atoms with Crippen molar-refractivity contribution in [3.8, 4) is 5.75 Å². The Balaban J connectivity index is 1.26. The van der Waals surface area contributed by atoms with Gasteiger partial charge in [-0.05, 0) is 75.5 Å². The number of halogens is 2. The Labute approximate surface area is 192 Å². The van der Waals surface area contributed by atoms with Crippen LogP contribution in [0.4, 0.5) is 4.39 Å². The number of piperidine rings is 1. The Kier molecular flexibility index (Phi) is 7.22. The maximum absolute atomic E-state index is 13.5. The van der Waals surface area contributed by atoms with E-state index in [2.05, 4.69) is 16.0 Å². The average Bonchev–Trinajstić information content (AvgIpc) is 2.73. The van der Waals surface area contributed by atoms with Crippen LogP contribution in [0.15, 0.2) is 18.2 Å². The molecule has 3 saturated carbocycles. The summed E-state index contributed by atoms with van der Waals surface area (Å²) in [4.78, 5) is 25.2. The maximum Gasteiger partial charge on any atom is 0.258 e. The predicted molar refractivity (Wildman–Crippen MR) is 118 cm³/mol. The predicted octanol–water partition coefficient (Wildman–Crippen LogP) is 2.01. The normalized spacial score (nSPS) is 32.4. The summed E-state index contributed by atoms with van der Waals surface area (Å²) in [5.74, 6) is 0.350. The van der Waals surface area contributed by atoms with Crippen LogP contribution in [0.1, 0.15) is 39.0 Å². The van der Waals surface area contributed by atoms with Crippen molar-refractivity contribution in [1.82, 2.24) is 16.0 Å². The van der Waals surface area contributed by atoms with Crippen LogP contribution < -0.4 is 20.7 Å². The molecule has 1 heterocycles. The lowest BCUT2D eigenvalue weighted by Crippen LogP contribution is -2.62. The van der Waals surface area contributed by atoms with E-state index in [0.717, 1.165) is 31.9 Å². The zero-order chi connectivity index (χ0) is 22.8. The Bertz CT molecular complexity index is 849. The highest BCUT2D eigenvalue weighted by Gasteiger charge is 2.47. The molecular formula is C23H31ClFN3O4. The molecule has 3 unspecified atom stereocenters. The molecule has 4 aliphatic rings. The first-order chi connectivity index (χ1) is 15.3. The lowest BCUT2D eigenvalue weighted by molar-refractivity contribution is -0.128. The number of ether oxygens (including phenoxy) is 1. The number of aliphatic hydroxyl groups is 1. The van der Waals surface area contributed by atoms with E-state index in [0.29, 0.717) is 24.7 Å². The molecule has 0 aromatic heterocycles. The molecular weight excluding hydrogens is 437 g/mol. The van der Waals surface area contributed by atoms with Gasteiger partial charge in [0.15, 0.2) is 6.61 Å². The molecule has 5 atom stereocenters. The highest BCUT2D eigenvalue weighted by molar-refractivity contribution is 6.30. The summed E-state index contributed by atoms with van der Waals surface area (Å²) in [5, 5.41) is 19.3. The number of amides is 2. The number of carbonyl (C=O) groups excluding carboxylic acids is 2. The monoisotopic (exact) mass is 467 g/mol. The number of aliphatic hydroxyl groups excluding tert-OH is 1. The van der Waals surface area contributed by atoms with Gasteiger partial charge in [0, 0.05) is 18.2 Å². The molecule has 5 rings (SSSR count). The largest absolute Gasteiger partial charge is 0.484 e. The Morgan fingerprint density at radius 1 is 1.22 bits per heavy atom. The Hall–Kier alpha value is -1.90. The van der Waals surface area contributed by atoms with Crippen molar-refractivity contribution < 1.29 is 23.8 Å². The number of fused-ring (bicyclic) bond motifs is 2. The molecule has 1 aromatic carbocycles. The molecule has 1 aromatic rings. The second-order valence-electron chi connectivity index (χ2n) is 9.41. The van der Waals surface area contributed by atoms with Crippen molar-refractivity contribution in [3.63, 3.8) is 0 Å². The van der Waals surface area contributed by atoms with E-state index in [9.17, 15) is 19.1 Å². The van der Waals surface area contributed by atoms with Crippen molar-refractivity contribution in [2.24, 2.45) is 17.8 Å². The number of rotatable bonds is 7. The van der Waals surface area contributed by atoms with Gasteiger partial charge in [-0.15, -0.1) is 0 Å². The lowest BCUT2D eigenvalue weighted by Gasteiger charge is -2.51. The Morgan fingerprint density at radius 2 is 1.94 bits per heavy atom. The second-order valence-corrected chi connectivity index (χ2v) is 9.82. The highest BCUT2D eigenvalue weighted by Crippen LogP contribution is 2.45. The quantitative estimate of drug-likeness (QED) is 0.491. The first-order valence-electron chi connectivity index (χ1n) is 11.4. The number of hydrogen-bond acceptors (Lipinski definition) is 5. The molecule has 0 radical (unpaired) electrons.